The van der Waals surface area contributed by atoms with Crippen LogP contribution < -0.4 is 0 Å². The Balaban J connectivity index is 1.26. The Morgan fingerprint density at radius 1 is 0.580 bits per heavy atom. The van der Waals surface area contributed by atoms with E-state index in [0.29, 0.717) is 29.5 Å². The summed E-state index contributed by atoms with van der Waals surface area (Å²) in [5.74, 6) is 0. The molecule has 2 aliphatic rings. The number of benzene rings is 5. The van der Waals surface area contributed by atoms with Gasteiger partial charge in [0, 0.05) is 33.1 Å². The van der Waals surface area contributed by atoms with Crippen molar-refractivity contribution in [3.63, 3.8) is 0 Å². The number of allylic oxidation sites excluding steroid dienone is 5. The molecule has 9 rings (SSSR count). The van der Waals surface area contributed by atoms with Crippen molar-refractivity contribution < 1.29 is 0 Å². The second kappa shape index (κ2) is 11.7. The number of fused-ring (bicyclic) bond motifs is 6. The van der Waals surface area contributed by atoms with Crippen LogP contribution in [0.25, 0.3) is 66.9 Å². The van der Waals surface area contributed by atoms with Gasteiger partial charge < -0.3 is 9.13 Å². The summed E-state index contributed by atoms with van der Waals surface area (Å²) in [4.78, 5) is 0. The average Bonchev–Trinajstić information content (AvgIpc) is 3.70. The van der Waals surface area contributed by atoms with Gasteiger partial charge in [-0.25, -0.2) is 0 Å². The smallest absolute Gasteiger partial charge is 0.101 e. The largest absolute Gasteiger partial charge is 0.313 e. The topological polar surface area (TPSA) is 81.2 Å². The number of nitriles is 3. The maximum absolute atomic E-state index is 10.5. The van der Waals surface area contributed by atoms with Gasteiger partial charge in [0.25, 0.3) is 0 Å². The molecule has 0 amide bonds. The van der Waals surface area contributed by atoms with Crippen LogP contribution in [0.1, 0.15) is 47.2 Å². The van der Waals surface area contributed by atoms with Crippen LogP contribution in [0.3, 0.4) is 0 Å². The van der Waals surface area contributed by atoms with E-state index < -0.39 is 0 Å². The van der Waals surface area contributed by atoms with Gasteiger partial charge in [0.15, 0.2) is 0 Å². The first-order valence-electron chi connectivity index (χ1n) is 16.9. The maximum Gasteiger partial charge on any atom is 0.101 e. The number of aromatic nitrogens is 2. The van der Waals surface area contributed by atoms with Crippen molar-refractivity contribution in [2.45, 2.75) is 25.7 Å². The van der Waals surface area contributed by atoms with Crippen molar-refractivity contribution in [2.24, 2.45) is 0 Å². The van der Waals surface area contributed by atoms with Crippen LogP contribution in [0.5, 0.6) is 0 Å². The minimum Gasteiger partial charge on any atom is -0.313 e. The van der Waals surface area contributed by atoms with Crippen LogP contribution in [-0.4, -0.2) is 9.13 Å². The zero-order chi connectivity index (χ0) is 33.8. The third kappa shape index (κ3) is 4.44. The molecule has 0 aliphatic heterocycles. The van der Waals surface area contributed by atoms with Gasteiger partial charge in [-0.1, -0.05) is 72.8 Å². The van der Waals surface area contributed by atoms with Crippen molar-refractivity contribution in [1.29, 1.82) is 15.8 Å². The lowest BCUT2D eigenvalue weighted by atomic mass is 9.86. The highest BCUT2D eigenvalue weighted by atomic mass is 15.0. The van der Waals surface area contributed by atoms with Crippen molar-refractivity contribution in [1.82, 2.24) is 9.13 Å². The van der Waals surface area contributed by atoms with E-state index in [-0.39, 0.29) is 0 Å². The second-order valence-corrected chi connectivity index (χ2v) is 12.9. The van der Waals surface area contributed by atoms with Gasteiger partial charge in [-0.15, -0.1) is 0 Å². The fourth-order valence-corrected chi connectivity index (χ4v) is 8.00. The van der Waals surface area contributed by atoms with E-state index in [9.17, 15) is 15.8 Å². The van der Waals surface area contributed by atoms with Gasteiger partial charge >= 0.3 is 0 Å². The number of nitrogens with zero attached hydrogens (tertiary/aromatic N) is 5. The summed E-state index contributed by atoms with van der Waals surface area (Å²) in [6.45, 7) is 0. The Morgan fingerprint density at radius 3 is 2.18 bits per heavy atom. The molecule has 0 saturated carbocycles. The first kappa shape index (κ1) is 29.3. The molecule has 7 aromatic rings. The Hall–Kier alpha value is -6.87. The maximum atomic E-state index is 10.5. The molecule has 0 atom stereocenters. The molecule has 2 aliphatic carbocycles. The summed E-state index contributed by atoms with van der Waals surface area (Å²) >= 11 is 0. The zero-order valence-corrected chi connectivity index (χ0v) is 27.2. The van der Waals surface area contributed by atoms with Crippen molar-refractivity contribution in [3.05, 3.63) is 155 Å². The Morgan fingerprint density at radius 2 is 1.36 bits per heavy atom. The number of para-hydroxylation sites is 2. The van der Waals surface area contributed by atoms with E-state index in [1.165, 1.54) is 22.2 Å². The fourth-order valence-electron chi connectivity index (χ4n) is 8.00. The summed E-state index contributed by atoms with van der Waals surface area (Å²) in [7, 11) is 0. The minimum absolute atomic E-state index is 0.571. The molecule has 5 heteroatoms. The van der Waals surface area contributed by atoms with Crippen molar-refractivity contribution in [2.75, 3.05) is 0 Å². The van der Waals surface area contributed by atoms with E-state index in [1.807, 2.05) is 48.5 Å². The van der Waals surface area contributed by atoms with Crippen LogP contribution in [0.15, 0.2) is 127 Å². The molecule has 5 nitrogen and oxygen atoms in total. The Kier molecular flexibility index (Phi) is 6.84. The highest BCUT2D eigenvalue weighted by Gasteiger charge is 2.25. The molecule has 0 bridgehead atoms. The quantitative estimate of drug-likeness (QED) is 0.192. The molecule has 2 aromatic heterocycles. The summed E-state index contributed by atoms with van der Waals surface area (Å²) in [6, 6.07) is 44.4. The van der Waals surface area contributed by atoms with E-state index in [4.69, 9.17) is 0 Å². The standard InChI is InChI=1S/C45H29N5/c46-26-29-19-22-44-40(23-29)37-14-3-6-18-43(37)50(44)45-33(28-48)10-8-15-38(45)39-25-31(20-21-32(39)27-47)30-9-7-11-34(24-30)49-41-16-4-1-12-35(41)36-13-2-5-17-42(36)49/h1-4,6-7,9-14,16,18-25H,5,8,15,17H2. The van der Waals surface area contributed by atoms with Crippen LogP contribution in [0.4, 0.5) is 0 Å². The number of rotatable bonds is 4. The molecule has 0 spiro atoms. The van der Waals surface area contributed by atoms with E-state index >= 15 is 0 Å². The van der Waals surface area contributed by atoms with Gasteiger partial charge in [-0.2, -0.15) is 15.8 Å². The van der Waals surface area contributed by atoms with Crippen LogP contribution in [0.2, 0.25) is 0 Å². The van der Waals surface area contributed by atoms with Gasteiger partial charge in [0.05, 0.1) is 51.1 Å². The lowest BCUT2D eigenvalue weighted by Crippen LogP contribution is -2.08. The molecule has 0 radical (unpaired) electrons. The van der Waals surface area contributed by atoms with Gasteiger partial charge in [0.1, 0.15) is 6.07 Å². The predicted molar refractivity (Wildman–Crippen MR) is 201 cm³/mol. The lowest BCUT2D eigenvalue weighted by molar-refractivity contribution is 0.889. The first-order chi connectivity index (χ1) is 24.7. The summed E-state index contributed by atoms with van der Waals surface area (Å²) < 4.78 is 4.55. The second-order valence-electron chi connectivity index (χ2n) is 12.9. The van der Waals surface area contributed by atoms with Crippen molar-refractivity contribution >= 4 is 50.1 Å². The highest BCUT2D eigenvalue weighted by Crippen LogP contribution is 2.43. The molecule has 0 N–H and O–H groups in total. The number of hydrogen-bond donors (Lipinski definition) is 0. The molecule has 0 saturated heterocycles. The molecule has 50 heavy (non-hydrogen) atoms. The van der Waals surface area contributed by atoms with E-state index in [2.05, 4.69) is 106 Å². The minimum atomic E-state index is 0.571. The van der Waals surface area contributed by atoms with Gasteiger partial charge in [0.2, 0.25) is 0 Å². The predicted octanol–water partition coefficient (Wildman–Crippen LogP) is 10.7. The molecule has 5 aromatic carbocycles. The molecular formula is C45H29N5. The lowest BCUT2D eigenvalue weighted by Gasteiger charge is -2.23. The fraction of sp³-hybridized carbons (Fsp3) is 0.0889. The average molecular weight is 640 g/mol. The third-order valence-electron chi connectivity index (χ3n) is 10.2. The highest BCUT2D eigenvalue weighted by molar-refractivity contribution is 6.13. The van der Waals surface area contributed by atoms with Gasteiger partial charge in [-0.3, -0.25) is 0 Å². The number of hydrogen-bond acceptors (Lipinski definition) is 3. The first-order valence-corrected chi connectivity index (χ1v) is 16.9. The Labute approximate surface area is 289 Å². The normalized spacial score (nSPS) is 14.0. The van der Waals surface area contributed by atoms with Crippen LogP contribution >= 0.6 is 0 Å². The Bertz CT molecular complexity index is 2800. The summed E-state index contributed by atoms with van der Waals surface area (Å²) in [5, 5.41) is 33.9. The van der Waals surface area contributed by atoms with Gasteiger partial charge in [-0.05, 0) is 103 Å². The zero-order valence-electron chi connectivity index (χ0n) is 27.2. The summed E-state index contributed by atoms with van der Waals surface area (Å²) in [6.07, 6.45) is 9.90. The van der Waals surface area contributed by atoms with E-state index in [1.54, 1.807) is 0 Å². The van der Waals surface area contributed by atoms with Crippen LogP contribution in [0, 0.1) is 34.0 Å². The van der Waals surface area contributed by atoms with Crippen LogP contribution in [-0.2, 0) is 6.42 Å². The molecule has 0 fully saturated rings. The molecular weight excluding hydrogens is 611 g/mol. The molecule has 234 valence electrons. The monoisotopic (exact) mass is 639 g/mol. The SMILES string of the molecule is N#CC1=CCCC(c2cc(-c3cccc(-n4c5c(c6ccccc64)C=CCC5)c3)ccc2C#N)=C1n1c2ccccc2c2cc(C#N)ccc21. The summed E-state index contributed by atoms with van der Waals surface area (Å²) in [5.41, 5.74) is 13.2. The van der Waals surface area contributed by atoms with Crippen molar-refractivity contribution in [3.8, 4) is 35.0 Å². The molecule has 0 unspecified atom stereocenters. The third-order valence-corrected chi connectivity index (χ3v) is 10.2. The van der Waals surface area contributed by atoms with E-state index in [0.717, 1.165) is 68.3 Å². The molecule has 2 heterocycles.